The highest BCUT2D eigenvalue weighted by Gasteiger charge is 2.33. The molecule has 0 saturated heterocycles. The Morgan fingerprint density at radius 2 is 2.21 bits per heavy atom. The fourth-order valence-electron chi connectivity index (χ4n) is 3.21. The second-order valence-corrected chi connectivity index (χ2v) is 6.27. The molecule has 1 amide bonds. The molecule has 1 heterocycles. The van der Waals surface area contributed by atoms with Gasteiger partial charge < -0.3 is 20.3 Å². The molecular weight excluding hydrogens is 304 g/mol. The maximum Gasteiger partial charge on any atom is 0.407 e. The monoisotopic (exact) mass is 330 g/mol. The van der Waals surface area contributed by atoms with Gasteiger partial charge in [0.2, 0.25) is 0 Å². The van der Waals surface area contributed by atoms with E-state index < -0.39 is 0 Å². The lowest BCUT2D eigenvalue weighted by atomic mass is 10.2. The molecule has 2 aliphatic rings. The number of amides is 1. The van der Waals surface area contributed by atoms with Gasteiger partial charge in [0.1, 0.15) is 0 Å². The second kappa shape index (κ2) is 7.55. The van der Waals surface area contributed by atoms with E-state index in [0.717, 1.165) is 31.8 Å². The minimum Gasteiger partial charge on any atom is -0.450 e. The van der Waals surface area contributed by atoms with Gasteiger partial charge in [0.15, 0.2) is 5.96 Å². The predicted molar refractivity (Wildman–Crippen MR) is 95.5 cm³/mol. The first-order valence-corrected chi connectivity index (χ1v) is 8.72. The number of ether oxygens (including phenoxy) is 1. The van der Waals surface area contributed by atoms with Crippen molar-refractivity contribution in [1.82, 2.24) is 10.6 Å². The average molecular weight is 330 g/mol. The third-order valence-corrected chi connectivity index (χ3v) is 4.60. The predicted octanol–water partition coefficient (Wildman–Crippen LogP) is 2.15. The number of fused-ring (bicyclic) bond motifs is 1. The lowest BCUT2D eigenvalue weighted by molar-refractivity contribution is 0.146. The van der Waals surface area contributed by atoms with E-state index in [1.807, 2.05) is 6.92 Å². The molecule has 6 nitrogen and oxygen atoms in total. The van der Waals surface area contributed by atoms with Gasteiger partial charge in [0, 0.05) is 25.8 Å². The van der Waals surface area contributed by atoms with Crippen LogP contribution in [-0.4, -0.2) is 44.8 Å². The van der Waals surface area contributed by atoms with E-state index in [1.54, 1.807) is 7.05 Å². The summed E-state index contributed by atoms with van der Waals surface area (Å²) in [4.78, 5) is 18.4. The van der Waals surface area contributed by atoms with Gasteiger partial charge in [-0.25, -0.2) is 4.79 Å². The first-order chi connectivity index (χ1) is 11.7. The molecule has 2 N–H and O–H groups in total. The molecule has 0 aromatic heterocycles. The third-order valence-electron chi connectivity index (χ3n) is 4.60. The van der Waals surface area contributed by atoms with E-state index >= 15 is 0 Å². The van der Waals surface area contributed by atoms with Gasteiger partial charge in [-0.15, -0.1) is 0 Å². The van der Waals surface area contributed by atoms with Gasteiger partial charge in [-0.2, -0.15) is 0 Å². The Morgan fingerprint density at radius 1 is 1.42 bits per heavy atom. The highest BCUT2D eigenvalue weighted by Crippen LogP contribution is 2.32. The number of para-hydroxylation sites is 1. The number of carbonyl (C=O) groups excluding carboxylic acids is 1. The summed E-state index contributed by atoms with van der Waals surface area (Å²) in [6.07, 6.45) is 3.01. The molecule has 1 fully saturated rings. The molecule has 0 spiro atoms. The number of nitrogens with one attached hydrogen (secondary N) is 2. The summed E-state index contributed by atoms with van der Waals surface area (Å²) in [7, 11) is 1.80. The molecule has 1 unspecified atom stereocenters. The molecule has 24 heavy (non-hydrogen) atoms. The van der Waals surface area contributed by atoms with Crippen molar-refractivity contribution in [2.45, 2.75) is 32.2 Å². The highest BCUT2D eigenvalue weighted by molar-refractivity contribution is 5.97. The molecule has 0 radical (unpaired) electrons. The standard InChI is InChI=1S/C18H26N4O2/c1-3-24-18(23)21-15(13-8-9-13)12-20-17(19-2)22-11-10-14-6-4-5-7-16(14)22/h4-7,13,15H,3,8-12H2,1-2H3,(H,19,20)(H,21,23). The number of alkyl carbamates (subject to hydrolysis) is 1. The number of rotatable bonds is 5. The van der Waals surface area contributed by atoms with E-state index in [-0.39, 0.29) is 12.1 Å². The number of nitrogens with zero attached hydrogens (tertiary/aromatic N) is 2. The van der Waals surface area contributed by atoms with Crippen LogP contribution in [0.2, 0.25) is 0 Å². The average Bonchev–Trinajstić information content (AvgIpc) is 3.35. The zero-order chi connectivity index (χ0) is 16.9. The number of hydrogen-bond acceptors (Lipinski definition) is 3. The quantitative estimate of drug-likeness (QED) is 0.641. The Bertz CT molecular complexity index is 613. The minimum absolute atomic E-state index is 0.0821. The molecule has 1 aromatic carbocycles. The number of aliphatic imine (C=N–C) groups is 1. The van der Waals surface area contributed by atoms with Crippen molar-refractivity contribution in [2.75, 3.05) is 31.6 Å². The van der Waals surface area contributed by atoms with Crippen molar-refractivity contribution >= 4 is 17.7 Å². The van der Waals surface area contributed by atoms with Gasteiger partial charge in [-0.3, -0.25) is 4.99 Å². The van der Waals surface area contributed by atoms with Gasteiger partial charge in [0.05, 0.1) is 12.6 Å². The fourth-order valence-corrected chi connectivity index (χ4v) is 3.21. The third kappa shape index (κ3) is 3.80. The summed E-state index contributed by atoms with van der Waals surface area (Å²) in [6.45, 7) is 3.80. The summed E-state index contributed by atoms with van der Waals surface area (Å²) < 4.78 is 5.01. The Balaban J connectivity index is 1.60. The minimum atomic E-state index is -0.335. The normalized spacial score (nSPS) is 18.1. The van der Waals surface area contributed by atoms with Crippen LogP contribution in [-0.2, 0) is 11.2 Å². The molecule has 1 saturated carbocycles. The number of anilines is 1. The van der Waals surface area contributed by atoms with Crippen LogP contribution in [0.5, 0.6) is 0 Å². The first kappa shape index (κ1) is 16.6. The number of carbonyl (C=O) groups is 1. The van der Waals surface area contributed by atoms with Crippen LogP contribution in [0.25, 0.3) is 0 Å². The summed E-state index contributed by atoms with van der Waals surface area (Å²) in [6, 6.07) is 8.51. The van der Waals surface area contributed by atoms with Gasteiger partial charge >= 0.3 is 6.09 Å². The van der Waals surface area contributed by atoms with Crippen molar-refractivity contribution < 1.29 is 9.53 Å². The number of benzene rings is 1. The second-order valence-electron chi connectivity index (χ2n) is 6.27. The maximum absolute atomic E-state index is 11.7. The maximum atomic E-state index is 11.7. The Morgan fingerprint density at radius 3 is 2.92 bits per heavy atom. The van der Waals surface area contributed by atoms with E-state index in [0.29, 0.717) is 19.1 Å². The molecule has 6 heteroatoms. The molecule has 1 aromatic rings. The largest absolute Gasteiger partial charge is 0.450 e. The van der Waals surface area contributed by atoms with Crippen LogP contribution in [0.15, 0.2) is 29.3 Å². The zero-order valence-corrected chi connectivity index (χ0v) is 14.4. The number of hydrogen-bond donors (Lipinski definition) is 2. The van der Waals surface area contributed by atoms with E-state index in [9.17, 15) is 4.79 Å². The van der Waals surface area contributed by atoms with Crippen molar-refractivity contribution in [3.63, 3.8) is 0 Å². The molecular formula is C18H26N4O2. The lowest BCUT2D eigenvalue weighted by Gasteiger charge is -2.25. The molecule has 1 aliphatic carbocycles. The van der Waals surface area contributed by atoms with Gasteiger partial charge in [0.25, 0.3) is 0 Å². The summed E-state index contributed by atoms with van der Waals surface area (Å²) >= 11 is 0. The Kier molecular flexibility index (Phi) is 5.23. The molecule has 1 atom stereocenters. The Hall–Kier alpha value is -2.24. The number of guanidine groups is 1. The topological polar surface area (TPSA) is 66.0 Å². The first-order valence-electron chi connectivity index (χ1n) is 8.72. The molecule has 0 bridgehead atoms. The lowest BCUT2D eigenvalue weighted by Crippen LogP contribution is -2.49. The van der Waals surface area contributed by atoms with Crippen LogP contribution in [0.3, 0.4) is 0 Å². The summed E-state index contributed by atoms with van der Waals surface area (Å²) in [5, 5.41) is 6.40. The SMILES string of the molecule is CCOC(=O)NC(CNC(=NC)N1CCc2ccccc21)C1CC1. The van der Waals surface area contributed by atoms with Crippen LogP contribution in [0.4, 0.5) is 10.5 Å². The van der Waals surface area contributed by atoms with Crippen LogP contribution in [0, 0.1) is 5.92 Å². The van der Waals surface area contributed by atoms with E-state index in [1.165, 1.54) is 11.3 Å². The van der Waals surface area contributed by atoms with Crippen molar-refractivity contribution in [2.24, 2.45) is 10.9 Å². The fraction of sp³-hybridized carbons (Fsp3) is 0.556. The zero-order valence-electron chi connectivity index (χ0n) is 14.4. The van der Waals surface area contributed by atoms with Gasteiger partial charge in [-0.05, 0) is 43.7 Å². The van der Waals surface area contributed by atoms with Crippen LogP contribution < -0.4 is 15.5 Å². The summed E-state index contributed by atoms with van der Waals surface area (Å²) in [5.74, 6) is 1.39. The van der Waals surface area contributed by atoms with Crippen molar-refractivity contribution in [3.8, 4) is 0 Å². The Labute approximate surface area is 143 Å². The summed E-state index contributed by atoms with van der Waals surface area (Å²) in [5.41, 5.74) is 2.57. The molecule has 130 valence electrons. The molecule has 3 rings (SSSR count). The highest BCUT2D eigenvalue weighted by atomic mass is 16.5. The molecule has 1 aliphatic heterocycles. The van der Waals surface area contributed by atoms with E-state index in [2.05, 4.69) is 44.8 Å². The van der Waals surface area contributed by atoms with Crippen molar-refractivity contribution in [1.29, 1.82) is 0 Å². The smallest absolute Gasteiger partial charge is 0.407 e. The van der Waals surface area contributed by atoms with Gasteiger partial charge in [-0.1, -0.05) is 18.2 Å². The van der Waals surface area contributed by atoms with Crippen molar-refractivity contribution in [3.05, 3.63) is 29.8 Å². The van der Waals surface area contributed by atoms with Crippen LogP contribution in [0.1, 0.15) is 25.3 Å². The van der Waals surface area contributed by atoms with Crippen LogP contribution >= 0.6 is 0 Å². The van der Waals surface area contributed by atoms with E-state index in [4.69, 9.17) is 4.74 Å².